The van der Waals surface area contributed by atoms with Crippen LogP contribution in [0.5, 0.6) is 0 Å². The molecule has 0 aliphatic carbocycles. The number of azo groups is 1. The maximum atomic E-state index is 11.8. The van der Waals surface area contributed by atoms with Gasteiger partial charge in [0.15, 0.2) is 5.78 Å². The lowest BCUT2D eigenvalue weighted by Gasteiger charge is -2.02. The molecule has 2 N–H and O–H groups in total. The molecule has 1 aromatic carbocycles. The monoisotopic (exact) mass is 279 g/mol. The number of thioether (sulfide) groups is 1. The molecule has 0 aromatic heterocycles. The highest BCUT2D eigenvalue weighted by molar-refractivity contribution is 8.00. The van der Waals surface area contributed by atoms with Gasteiger partial charge in [-0.2, -0.15) is 0 Å². The average molecular weight is 279 g/mol. The van der Waals surface area contributed by atoms with Crippen LogP contribution in [0.1, 0.15) is 10.4 Å². The molecular weight excluding hydrogens is 270 g/mol. The van der Waals surface area contributed by atoms with E-state index in [0.29, 0.717) is 5.56 Å². The Balaban J connectivity index is 1.93. The van der Waals surface area contributed by atoms with Crippen molar-refractivity contribution in [1.82, 2.24) is 0 Å². The predicted molar refractivity (Wildman–Crippen MR) is 70.2 cm³/mol. The summed E-state index contributed by atoms with van der Waals surface area (Å²) in [5.41, 5.74) is 5.19. The second kappa shape index (κ2) is 5.57. The number of nitro benzene ring substituents is 1. The number of aliphatic imine (C=N–C) groups is 1. The van der Waals surface area contributed by atoms with Crippen molar-refractivity contribution in [2.24, 2.45) is 21.0 Å². The summed E-state index contributed by atoms with van der Waals surface area (Å²) in [4.78, 5) is 25.7. The van der Waals surface area contributed by atoms with E-state index in [9.17, 15) is 14.9 Å². The number of ketones is 1. The van der Waals surface area contributed by atoms with E-state index in [1.807, 2.05) is 0 Å². The third kappa shape index (κ3) is 3.35. The fourth-order valence-electron chi connectivity index (χ4n) is 1.35. The number of benzene rings is 1. The van der Waals surface area contributed by atoms with Gasteiger partial charge in [-0.25, -0.2) is 4.99 Å². The number of Topliss-reactive ketones (excluding diaryl/α,β-unsaturated/α-hetero) is 1. The first-order valence-corrected chi connectivity index (χ1v) is 6.24. The fourth-order valence-corrected chi connectivity index (χ4v) is 2.11. The first kappa shape index (κ1) is 13.1. The van der Waals surface area contributed by atoms with Gasteiger partial charge in [-0.3, -0.25) is 14.9 Å². The van der Waals surface area contributed by atoms with Crippen molar-refractivity contribution in [3.8, 4) is 0 Å². The molecule has 9 heteroatoms. The summed E-state index contributed by atoms with van der Waals surface area (Å²) in [7, 11) is 0. The predicted octanol–water partition coefficient (Wildman–Crippen LogP) is 1.57. The molecule has 1 aliphatic rings. The molecule has 8 nitrogen and oxygen atoms in total. The normalized spacial score (nSPS) is 17.3. The number of hydrogen-bond acceptors (Lipinski definition) is 8. The Morgan fingerprint density at radius 1 is 1.42 bits per heavy atom. The number of carbonyl (C=O) groups is 1. The van der Waals surface area contributed by atoms with Crippen molar-refractivity contribution in [3.05, 3.63) is 39.9 Å². The van der Waals surface area contributed by atoms with Crippen LogP contribution in [0.4, 0.5) is 5.69 Å². The van der Waals surface area contributed by atoms with E-state index >= 15 is 0 Å². The molecule has 2 rings (SSSR count). The number of nitro groups is 1. The summed E-state index contributed by atoms with van der Waals surface area (Å²) < 4.78 is 0. The third-order valence-electron chi connectivity index (χ3n) is 2.27. The minimum atomic E-state index is -0.514. The minimum absolute atomic E-state index is 0.0498. The molecule has 1 aliphatic heterocycles. The molecule has 98 valence electrons. The van der Waals surface area contributed by atoms with Gasteiger partial charge >= 0.3 is 0 Å². The van der Waals surface area contributed by atoms with E-state index in [-0.39, 0.29) is 23.2 Å². The summed E-state index contributed by atoms with van der Waals surface area (Å²) in [5, 5.41) is 17.8. The van der Waals surface area contributed by atoms with E-state index in [2.05, 4.69) is 15.2 Å². The lowest BCUT2D eigenvalue weighted by molar-refractivity contribution is -0.384. The van der Waals surface area contributed by atoms with Crippen LogP contribution in [0.3, 0.4) is 0 Å². The first-order chi connectivity index (χ1) is 9.06. The average Bonchev–Trinajstić information content (AvgIpc) is 2.82. The van der Waals surface area contributed by atoms with Gasteiger partial charge in [-0.05, 0) is 12.1 Å². The number of rotatable bonds is 5. The van der Waals surface area contributed by atoms with Gasteiger partial charge in [0.05, 0.1) is 10.7 Å². The number of nitrogens with two attached hydrogens (primary N) is 1. The molecule has 1 aromatic rings. The number of non-ortho nitro benzene ring substituents is 1. The summed E-state index contributed by atoms with van der Waals surface area (Å²) >= 11 is 1.19. The van der Waals surface area contributed by atoms with Crippen molar-refractivity contribution < 1.29 is 9.72 Å². The van der Waals surface area contributed by atoms with Crippen LogP contribution in [-0.2, 0) is 0 Å². The van der Waals surface area contributed by atoms with Crippen molar-refractivity contribution in [2.75, 3.05) is 5.75 Å². The Hall–Kier alpha value is -2.29. The van der Waals surface area contributed by atoms with Crippen LogP contribution in [0, 0.1) is 10.1 Å². The van der Waals surface area contributed by atoms with Crippen LogP contribution >= 0.6 is 11.8 Å². The zero-order valence-electron chi connectivity index (χ0n) is 9.59. The highest BCUT2D eigenvalue weighted by Gasteiger charge is 2.16. The van der Waals surface area contributed by atoms with E-state index in [1.165, 1.54) is 36.0 Å². The lowest BCUT2D eigenvalue weighted by Crippen LogP contribution is -2.07. The van der Waals surface area contributed by atoms with Crippen LogP contribution < -0.4 is 5.73 Å². The molecule has 0 radical (unpaired) electrons. The zero-order chi connectivity index (χ0) is 13.8. The molecule has 0 fully saturated rings. The summed E-state index contributed by atoms with van der Waals surface area (Å²) in [5.74, 6) is 0.0919. The van der Waals surface area contributed by atoms with Gasteiger partial charge in [-0.1, -0.05) is 0 Å². The second-order valence-corrected chi connectivity index (χ2v) is 4.61. The summed E-state index contributed by atoms with van der Waals surface area (Å²) in [6.07, 6.45) is 0. The van der Waals surface area contributed by atoms with E-state index in [0.717, 1.165) is 0 Å². The smallest absolute Gasteiger partial charge is 0.269 e. The van der Waals surface area contributed by atoms with Crippen molar-refractivity contribution >= 4 is 29.2 Å². The molecule has 0 amide bonds. The molecule has 1 unspecified atom stereocenters. The third-order valence-corrected chi connectivity index (χ3v) is 3.19. The standard InChI is InChI=1S/C10H9N5O3S/c11-9-12-10(14-13-9)19-5-8(16)6-1-3-7(4-2-6)15(17)18/h1-4,10H,5H2,(H2,11,12). The van der Waals surface area contributed by atoms with Gasteiger partial charge < -0.3 is 5.73 Å². The maximum Gasteiger partial charge on any atom is 0.269 e. The molecule has 1 atom stereocenters. The SMILES string of the molecule is NC1=NC(SCC(=O)c2ccc([N+](=O)[O-])cc2)N=N1. The Labute approximate surface area is 112 Å². The lowest BCUT2D eigenvalue weighted by atomic mass is 10.1. The number of hydrogen-bond donors (Lipinski definition) is 1. The van der Waals surface area contributed by atoms with Gasteiger partial charge in [0.25, 0.3) is 5.69 Å². The largest absolute Gasteiger partial charge is 0.367 e. The molecule has 19 heavy (non-hydrogen) atoms. The Bertz CT molecular complexity index is 569. The molecule has 0 bridgehead atoms. The van der Waals surface area contributed by atoms with Crippen molar-refractivity contribution in [1.29, 1.82) is 0 Å². The Kier molecular flexibility index (Phi) is 3.85. The minimum Gasteiger partial charge on any atom is -0.367 e. The van der Waals surface area contributed by atoms with E-state index in [4.69, 9.17) is 5.73 Å². The van der Waals surface area contributed by atoms with Crippen molar-refractivity contribution in [3.63, 3.8) is 0 Å². The highest BCUT2D eigenvalue weighted by atomic mass is 32.2. The Morgan fingerprint density at radius 2 is 2.11 bits per heavy atom. The van der Waals surface area contributed by atoms with Gasteiger partial charge in [0.1, 0.15) is 0 Å². The number of guanidine groups is 1. The van der Waals surface area contributed by atoms with Gasteiger partial charge in [0.2, 0.25) is 11.5 Å². The topological polar surface area (TPSA) is 123 Å². The number of carbonyl (C=O) groups excluding carboxylic acids is 1. The molecule has 0 saturated heterocycles. The fraction of sp³-hybridized carbons (Fsp3) is 0.200. The van der Waals surface area contributed by atoms with E-state index < -0.39 is 10.4 Å². The summed E-state index contributed by atoms with van der Waals surface area (Å²) in [6, 6.07) is 5.44. The molecular formula is C10H9N5O3S. The highest BCUT2D eigenvalue weighted by Crippen LogP contribution is 2.20. The van der Waals surface area contributed by atoms with Crippen LogP contribution in [0.15, 0.2) is 39.5 Å². The maximum absolute atomic E-state index is 11.8. The quantitative estimate of drug-likeness (QED) is 0.497. The molecule has 1 heterocycles. The van der Waals surface area contributed by atoms with E-state index in [1.54, 1.807) is 0 Å². The molecule has 0 spiro atoms. The Morgan fingerprint density at radius 3 is 2.63 bits per heavy atom. The first-order valence-electron chi connectivity index (χ1n) is 5.19. The summed E-state index contributed by atoms with van der Waals surface area (Å²) in [6.45, 7) is 0. The number of nitrogens with zero attached hydrogens (tertiary/aromatic N) is 4. The van der Waals surface area contributed by atoms with Crippen LogP contribution in [0.25, 0.3) is 0 Å². The van der Waals surface area contributed by atoms with Crippen LogP contribution in [0.2, 0.25) is 0 Å². The van der Waals surface area contributed by atoms with Gasteiger partial charge in [0, 0.05) is 17.7 Å². The second-order valence-electron chi connectivity index (χ2n) is 3.57. The van der Waals surface area contributed by atoms with Gasteiger partial charge in [-0.15, -0.1) is 22.0 Å². The van der Waals surface area contributed by atoms with Crippen molar-refractivity contribution in [2.45, 2.75) is 5.50 Å². The molecule has 0 saturated carbocycles. The zero-order valence-corrected chi connectivity index (χ0v) is 10.4. The van der Waals surface area contributed by atoms with Crippen LogP contribution in [-0.4, -0.2) is 27.9 Å².